The van der Waals surface area contributed by atoms with Crippen molar-refractivity contribution in [1.29, 1.82) is 0 Å². The number of rotatable bonds is 1. The predicted octanol–water partition coefficient (Wildman–Crippen LogP) is 1.78. The second-order valence-electron chi connectivity index (χ2n) is 0.823. The van der Waals surface area contributed by atoms with Gasteiger partial charge < -0.3 is 0 Å². The van der Waals surface area contributed by atoms with Crippen LogP contribution in [0.1, 0.15) is 0 Å². The maximum absolute atomic E-state index is 5.29. The van der Waals surface area contributed by atoms with Crippen LogP contribution in [0, 0.1) is 0 Å². The lowest BCUT2D eigenvalue weighted by atomic mass is 11.0. The number of aromatic nitrogens is 2. The van der Waals surface area contributed by atoms with Gasteiger partial charge in [0.15, 0.2) is 0 Å². The van der Waals surface area contributed by atoms with Gasteiger partial charge in [-0.2, -0.15) is 8.75 Å². The van der Waals surface area contributed by atoms with Gasteiger partial charge in [0.25, 0.3) is 0 Å². The Hall–Kier alpha value is 0.200. The first-order chi connectivity index (χ1) is 3.43. The first-order valence-electron chi connectivity index (χ1n) is 1.49. The first kappa shape index (κ1) is 5.34. The third kappa shape index (κ3) is 1.29. The molecule has 0 radical (unpaired) electrons. The van der Waals surface area contributed by atoms with Crippen molar-refractivity contribution in [3.8, 4) is 0 Å². The monoisotopic (exact) mass is 152 g/mol. The zero-order chi connectivity index (χ0) is 5.11. The van der Waals surface area contributed by atoms with Crippen LogP contribution in [0.5, 0.6) is 0 Å². The van der Waals surface area contributed by atoms with Crippen molar-refractivity contribution in [2.24, 2.45) is 0 Å². The summed E-state index contributed by atoms with van der Waals surface area (Å²) in [7, 11) is 6.37. The molecule has 1 aromatic rings. The van der Waals surface area contributed by atoms with Crippen molar-refractivity contribution in [3.63, 3.8) is 0 Å². The van der Waals surface area contributed by atoms with Crippen LogP contribution in [0.25, 0.3) is 0 Å². The summed E-state index contributed by atoms with van der Waals surface area (Å²) in [5.74, 6) is 0. The highest BCUT2D eigenvalue weighted by atomic mass is 35.7. The SMILES string of the molecule is ClSc1cnsn1. The smallest absolute Gasteiger partial charge is 0.145 e. The molecule has 0 fully saturated rings. The Bertz CT molecular complexity index is 128. The highest BCUT2D eigenvalue weighted by Gasteiger charge is 1.89. The molecule has 0 aliphatic carbocycles. The van der Waals surface area contributed by atoms with E-state index in [0.29, 0.717) is 0 Å². The fraction of sp³-hybridized carbons (Fsp3) is 0. The first-order valence-corrected chi connectivity index (χ1v) is 3.87. The van der Waals surface area contributed by atoms with Gasteiger partial charge in [-0.05, 0) is 10.7 Å². The molecule has 0 aliphatic rings. The van der Waals surface area contributed by atoms with Gasteiger partial charge in [0.2, 0.25) is 0 Å². The number of hydrogen-bond acceptors (Lipinski definition) is 4. The Labute approximate surface area is 53.7 Å². The molecule has 0 bridgehead atoms. The Morgan fingerprint density at radius 1 is 1.86 bits per heavy atom. The lowest BCUT2D eigenvalue weighted by molar-refractivity contribution is 1.28. The highest BCUT2D eigenvalue weighted by molar-refractivity contribution is 8.21. The molecule has 0 amide bonds. The maximum Gasteiger partial charge on any atom is 0.145 e. The van der Waals surface area contributed by atoms with Gasteiger partial charge >= 0.3 is 0 Å². The molecule has 38 valence electrons. The van der Waals surface area contributed by atoms with E-state index >= 15 is 0 Å². The quantitative estimate of drug-likeness (QED) is 0.614. The van der Waals surface area contributed by atoms with Crippen molar-refractivity contribution >= 4 is 33.4 Å². The summed E-state index contributed by atoms with van der Waals surface area (Å²) in [5, 5.41) is 0.770. The number of nitrogens with zero attached hydrogens (tertiary/aromatic N) is 2. The third-order valence-electron chi connectivity index (χ3n) is 0.420. The minimum atomic E-state index is 0.770. The molecule has 1 aromatic heterocycles. The zero-order valence-corrected chi connectivity index (χ0v) is 5.56. The van der Waals surface area contributed by atoms with Gasteiger partial charge in [-0.1, -0.05) is 0 Å². The number of hydrogen-bond donors (Lipinski definition) is 0. The summed E-state index contributed by atoms with van der Waals surface area (Å²) >= 11 is 1.16. The van der Waals surface area contributed by atoms with E-state index in [1.807, 2.05) is 0 Å². The summed E-state index contributed by atoms with van der Waals surface area (Å²) in [6.45, 7) is 0. The van der Waals surface area contributed by atoms with E-state index in [1.165, 1.54) is 0 Å². The van der Waals surface area contributed by atoms with E-state index in [0.717, 1.165) is 27.7 Å². The molecule has 0 atom stereocenters. The molecule has 2 nitrogen and oxygen atoms in total. The molecular formula is C2HClN2S2. The molecule has 5 heteroatoms. The van der Waals surface area contributed by atoms with Crippen LogP contribution in [0.4, 0.5) is 0 Å². The van der Waals surface area contributed by atoms with Gasteiger partial charge in [0.05, 0.1) is 17.9 Å². The van der Waals surface area contributed by atoms with Gasteiger partial charge in [-0.3, -0.25) is 0 Å². The second-order valence-corrected chi connectivity index (χ2v) is 2.42. The van der Waals surface area contributed by atoms with Gasteiger partial charge in [0.1, 0.15) is 5.03 Å². The second kappa shape index (κ2) is 2.49. The normalized spacial score (nSPS) is 9.29. The molecule has 0 saturated heterocycles. The van der Waals surface area contributed by atoms with E-state index in [-0.39, 0.29) is 0 Å². The predicted molar refractivity (Wildman–Crippen MR) is 31.6 cm³/mol. The Balaban J connectivity index is 2.76. The van der Waals surface area contributed by atoms with E-state index in [1.54, 1.807) is 6.20 Å². The van der Waals surface area contributed by atoms with Crippen LogP contribution in [0.15, 0.2) is 11.2 Å². The number of halogens is 1. The molecule has 7 heavy (non-hydrogen) atoms. The summed E-state index contributed by atoms with van der Waals surface area (Å²) in [6.07, 6.45) is 1.63. The molecule has 1 heterocycles. The van der Waals surface area contributed by atoms with Crippen LogP contribution >= 0.6 is 33.4 Å². The summed E-state index contributed by atoms with van der Waals surface area (Å²) in [6, 6.07) is 0. The lowest BCUT2D eigenvalue weighted by Crippen LogP contribution is -1.54. The molecule has 0 unspecified atom stereocenters. The largest absolute Gasteiger partial charge is 0.180 e. The molecular weight excluding hydrogens is 152 g/mol. The van der Waals surface area contributed by atoms with Crippen molar-refractivity contribution in [2.45, 2.75) is 5.03 Å². The van der Waals surface area contributed by atoms with Gasteiger partial charge in [-0.25, -0.2) is 0 Å². The Morgan fingerprint density at radius 2 is 2.71 bits per heavy atom. The maximum atomic E-state index is 5.29. The fourth-order valence-electron chi connectivity index (χ4n) is 0.190. The molecule has 0 aliphatic heterocycles. The van der Waals surface area contributed by atoms with E-state index in [9.17, 15) is 0 Å². The third-order valence-corrected chi connectivity index (χ3v) is 1.84. The Morgan fingerprint density at radius 3 is 3.00 bits per heavy atom. The van der Waals surface area contributed by atoms with Crippen molar-refractivity contribution in [2.75, 3.05) is 0 Å². The molecule has 0 aromatic carbocycles. The summed E-state index contributed by atoms with van der Waals surface area (Å²) in [4.78, 5) is 0. The van der Waals surface area contributed by atoms with E-state index < -0.39 is 0 Å². The fourth-order valence-corrected chi connectivity index (χ4v) is 1.26. The van der Waals surface area contributed by atoms with Crippen LogP contribution in [0.3, 0.4) is 0 Å². The molecule has 1 rings (SSSR count). The van der Waals surface area contributed by atoms with Crippen LogP contribution < -0.4 is 0 Å². The van der Waals surface area contributed by atoms with Crippen LogP contribution in [-0.4, -0.2) is 8.75 Å². The highest BCUT2D eigenvalue weighted by Crippen LogP contribution is 2.18. The van der Waals surface area contributed by atoms with Gasteiger partial charge in [-0.15, -0.1) is 0 Å². The van der Waals surface area contributed by atoms with Crippen molar-refractivity contribution < 1.29 is 0 Å². The average Bonchev–Trinajstić information content (AvgIpc) is 2.14. The zero-order valence-electron chi connectivity index (χ0n) is 3.17. The standard InChI is InChI=1S/C2HClN2S2/c3-6-2-1-4-7-5-2/h1H. The van der Waals surface area contributed by atoms with Crippen LogP contribution in [-0.2, 0) is 0 Å². The minimum absolute atomic E-state index is 0.770. The van der Waals surface area contributed by atoms with Crippen molar-refractivity contribution in [1.82, 2.24) is 8.75 Å². The summed E-state index contributed by atoms with van der Waals surface area (Å²) in [5.41, 5.74) is 0. The molecule has 0 spiro atoms. The van der Waals surface area contributed by atoms with E-state index in [4.69, 9.17) is 10.7 Å². The van der Waals surface area contributed by atoms with E-state index in [2.05, 4.69) is 8.75 Å². The summed E-state index contributed by atoms with van der Waals surface area (Å²) < 4.78 is 7.51. The molecule has 0 saturated carbocycles. The Kier molecular flexibility index (Phi) is 1.90. The van der Waals surface area contributed by atoms with Gasteiger partial charge in [0, 0.05) is 11.0 Å². The molecule has 0 N–H and O–H groups in total. The minimum Gasteiger partial charge on any atom is -0.180 e. The van der Waals surface area contributed by atoms with Crippen molar-refractivity contribution in [3.05, 3.63) is 6.20 Å². The average molecular weight is 153 g/mol. The van der Waals surface area contributed by atoms with Crippen LogP contribution in [0.2, 0.25) is 0 Å². The topological polar surface area (TPSA) is 25.8 Å². The lowest BCUT2D eigenvalue weighted by Gasteiger charge is -1.71.